The number of carbonyl (C=O) groups excluding carboxylic acids is 1. The Labute approximate surface area is 122 Å². The number of pyridine rings is 1. The van der Waals surface area contributed by atoms with Crippen LogP contribution in [0.1, 0.15) is 6.92 Å². The molecule has 0 saturated carbocycles. The largest absolute Gasteiger partial charge is 0.365 e. The number of piperazine rings is 1. The van der Waals surface area contributed by atoms with Crippen molar-refractivity contribution in [3.05, 3.63) is 28.4 Å². The molecule has 1 amide bonds. The molecule has 0 aromatic carbocycles. The van der Waals surface area contributed by atoms with Gasteiger partial charge in [-0.1, -0.05) is 6.92 Å². The van der Waals surface area contributed by atoms with Gasteiger partial charge in [0, 0.05) is 32.2 Å². The zero-order valence-electron chi connectivity index (χ0n) is 12.0. The topological polar surface area (TPSA) is 91.6 Å². The molecule has 0 spiro atoms. The van der Waals surface area contributed by atoms with E-state index in [9.17, 15) is 14.9 Å². The molecule has 21 heavy (non-hydrogen) atoms. The number of carbonyl (C=O) groups is 1. The van der Waals surface area contributed by atoms with Crippen LogP contribution in [-0.4, -0.2) is 60.0 Å². The number of nitrogens with zero attached hydrogens (tertiary/aromatic N) is 4. The van der Waals surface area contributed by atoms with Crippen LogP contribution in [0.2, 0.25) is 0 Å². The van der Waals surface area contributed by atoms with Gasteiger partial charge in [0.1, 0.15) is 0 Å². The summed E-state index contributed by atoms with van der Waals surface area (Å²) in [7, 11) is 0. The highest BCUT2D eigenvalue weighted by atomic mass is 16.6. The molecule has 114 valence electrons. The molecule has 8 heteroatoms. The van der Waals surface area contributed by atoms with Crippen molar-refractivity contribution in [1.29, 1.82) is 0 Å². The van der Waals surface area contributed by atoms with Gasteiger partial charge in [0.15, 0.2) is 6.20 Å². The van der Waals surface area contributed by atoms with E-state index in [1.165, 1.54) is 12.3 Å². The van der Waals surface area contributed by atoms with Gasteiger partial charge in [-0.15, -0.1) is 0 Å². The van der Waals surface area contributed by atoms with Crippen LogP contribution in [0.4, 0.5) is 11.5 Å². The lowest BCUT2D eigenvalue weighted by Gasteiger charge is -2.35. The maximum absolute atomic E-state index is 11.9. The summed E-state index contributed by atoms with van der Waals surface area (Å²) in [6, 6.07) is 3.10. The molecule has 1 saturated heterocycles. The van der Waals surface area contributed by atoms with Crippen molar-refractivity contribution in [3.63, 3.8) is 0 Å². The van der Waals surface area contributed by atoms with Crippen LogP contribution in [0.25, 0.3) is 0 Å². The molecule has 0 bridgehead atoms. The molecule has 1 N–H and O–H groups in total. The highest BCUT2D eigenvalue weighted by molar-refractivity contribution is 5.78. The van der Waals surface area contributed by atoms with E-state index in [0.29, 0.717) is 32.7 Å². The van der Waals surface area contributed by atoms with Gasteiger partial charge in [0.05, 0.1) is 12.2 Å². The van der Waals surface area contributed by atoms with Crippen LogP contribution in [0.3, 0.4) is 0 Å². The molecule has 1 aromatic heterocycles. The lowest BCUT2D eigenvalue weighted by molar-refractivity contribution is -0.389. The molecule has 1 aliphatic heterocycles. The Morgan fingerprint density at radius 2 is 2.10 bits per heavy atom. The van der Waals surface area contributed by atoms with Crippen molar-refractivity contribution in [1.82, 2.24) is 15.2 Å². The molecule has 1 aromatic rings. The van der Waals surface area contributed by atoms with Crippen molar-refractivity contribution in [2.75, 3.05) is 44.2 Å². The summed E-state index contributed by atoms with van der Waals surface area (Å²) in [6.45, 7) is 5.83. The minimum atomic E-state index is -0.513. The molecule has 8 nitrogen and oxygen atoms in total. The lowest BCUT2D eigenvalue weighted by Crippen LogP contribution is -2.50. The predicted molar refractivity (Wildman–Crippen MR) is 78.2 cm³/mol. The van der Waals surface area contributed by atoms with E-state index in [0.717, 1.165) is 12.2 Å². The minimum absolute atomic E-state index is 0.110. The number of nitrogens with one attached hydrogen (secondary N) is 1. The fourth-order valence-electron chi connectivity index (χ4n) is 2.23. The van der Waals surface area contributed by atoms with Crippen LogP contribution >= 0.6 is 0 Å². The van der Waals surface area contributed by atoms with E-state index in [2.05, 4.69) is 15.2 Å². The standard InChI is InChI=1S/C13H19N5O3/c1-2-14-10-13(19)17-7-5-16(6-8-17)11-3-4-12(15-9-11)18(20)21/h3-4,9,14H,2,5-8,10H2,1H3. The van der Waals surface area contributed by atoms with Gasteiger partial charge in [-0.05, 0) is 22.5 Å². The molecule has 0 aliphatic carbocycles. The Kier molecular flexibility index (Phi) is 5.04. The summed E-state index contributed by atoms with van der Waals surface area (Å²) >= 11 is 0. The Hall–Kier alpha value is -2.22. The molecular formula is C13H19N5O3. The molecule has 0 unspecified atom stereocenters. The molecule has 0 radical (unpaired) electrons. The quantitative estimate of drug-likeness (QED) is 0.618. The van der Waals surface area contributed by atoms with E-state index in [-0.39, 0.29) is 11.7 Å². The normalized spacial score (nSPS) is 15.1. The van der Waals surface area contributed by atoms with Gasteiger partial charge in [0.25, 0.3) is 0 Å². The van der Waals surface area contributed by atoms with Crippen LogP contribution in [0.15, 0.2) is 18.3 Å². The fraction of sp³-hybridized carbons (Fsp3) is 0.538. The summed E-state index contributed by atoms with van der Waals surface area (Å²) in [5.41, 5.74) is 0.847. The number of rotatable bonds is 5. The van der Waals surface area contributed by atoms with Crippen molar-refractivity contribution in [3.8, 4) is 0 Å². The molecule has 1 aliphatic rings. The number of likely N-dealkylation sites (N-methyl/N-ethyl adjacent to an activating group) is 1. The number of amides is 1. The van der Waals surface area contributed by atoms with Crippen molar-refractivity contribution >= 4 is 17.4 Å². The van der Waals surface area contributed by atoms with E-state index in [1.807, 2.05) is 11.8 Å². The second-order valence-corrected chi connectivity index (χ2v) is 4.78. The smallest absolute Gasteiger partial charge is 0.363 e. The second kappa shape index (κ2) is 6.98. The first-order chi connectivity index (χ1) is 10.1. The maximum Gasteiger partial charge on any atom is 0.363 e. The monoisotopic (exact) mass is 293 g/mol. The van der Waals surface area contributed by atoms with E-state index >= 15 is 0 Å². The summed E-state index contributed by atoms with van der Waals surface area (Å²) in [6.07, 6.45) is 1.51. The van der Waals surface area contributed by atoms with Gasteiger partial charge in [-0.25, -0.2) is 0 Å². The zero-order valence-corrected chi connectivity index (χ0v) is 12.0. The SMILES string of the molecule is CCNCC(=O)N1CCN(c2ccc([N+](=O)[O-])nc2)CC1. The maximum atomic E-state index is 11.9. The Balaban J connectivity index is 1.88. The minimum Gasteiger partial charge on any atom is -0.365 e. The summed E-state index contributed by atoms with van der Waals surface area (Å²) in [5.74, 6) is -0.0449. The highest BCUT2D eigenvalue weighted by Gasteiger charge is 2.21. The van der Waals surface area contributed by atoms with E-state index in [1.54, 1.807) is 6.07 Å². The third-order valence-electron chi connectivity index (χ3n) is 3.44. The van der Waals surface area contributed by atoms with E-state index < -0.39 is 4.92 Å². The van der Waals surface area contributed by atoms with Gasteiger partial charge in [0.2, 0.25) is 5.91 Å². The van der Waals surface area contributed by atoms with Gasteiger partial charge in [-0.3, -0.25) is 4.79 Å². The number of hydrogen-bond donors (Lipinski definition) is 1. The number of nitro groups is 1. The number of anilines is 1. The molecule has 0 atom stereocenters. The van der Waals surface area contributed by atoms with Crippen LogP contribution in [0.5, 0.6) is 0 Å². The summed E-state index contributed by atoms with van der Waals surface area (Å²) in [4.78, 5) is 29.7. The highest BCUT2D eigenvalue weighted by Crippen LogP contribution is 2.18. The lowest BCUT2D eigenvalue weighted by atomic mass is 10.2. The average Bonchev–Trinajstić information content (AvgIpc) is 2.53. The van der Waals surface area contributed by atoms with Crippen LogP contribution in [-0.2, 0) is 4.79 Å². The molecular weight excluding hydrogens is 274 g/mol. The van der Waals surface area contributed by atoms with Crippen molar-refractivity contribution < 1.29 is 9.72 Å². The third-order valence-corrected chi connectivity index (χ3v) is 3.44. The molecule has 2 rings (SSSR count). The first kappa shape index (κ1) is 15.2. The van der Waals surface area contributed by atoms with Gasteiger partial charge < -0.3 is 25.2 Å². The van der Waals surface area contributed by atoms with E-state index in [4.69, 9.17) is 0 Å². The average molecular weight is 293 g/mol. The second-order valence-electron chi connectivity index (χ2n) is 4.78. The first-order valence-electron chi connectivity index (χ1n) is 6.95. The Morgan fingerprint density at radius 3 is 2.62 bits per heavy atom. The Morgan fingerprint density at radius 1 is 1.38 bits per heavy atom. The summed E-state index contributed by atoms with van der Waals surface area (Å²) in [5, 5.41) is 13.6. The number of aromatic nitrogens is 1. The Bertz CT molecular complexity index is 497. The van der Waals surface area contributed by atoms with Gasteiger partial charge >= 0.3 is 5.82 Å². The molecule has 2 heterocycles. The molecule has 1 fully saturated rings. The van der Waals surface area contributed by atoms with Crippen molar-refractivity contribution in [2.45, 2.75) is 6.92 Å². The van der Waals surface area contributed by atoms with Crippen LogP contribution in [0, 0.1) is 10.1 Å². The zero-order chi connectivity index (χ0) is 15.2. The number of hydrogen-bond acceptors (Lipinski definition) is 6. The third kappa shape index (κ3) is 3.88. The van der Waals surface area contributed by atoms with Crippen molar-refractivity contribution in [2.24, 2.45) is 0 Å². The first-order valence-corrected chi connectivity index (χ1v) is 6.95. The fourth-order valence-corrected chi connectivity index (χ4v) is 2.23. The predicted octanol–water partition coefficient (Wildman–Crippen LogP) is 0.248. The van der Waals surface area contributed by atoms with Gasteiger partial charge in [-0.2, -0.15) is 0 Å². The van der Waals surface area contributed by atoms with Crippen LogP contribution < -0.4 is 10.2 Å². The summed E-state index contributed by atoms with van der Waals surface area (Å²) < 4.78 is 0.